The van der Waals surface area contributed by atoms with Gasteiger partial charge < -0.3 is 5.11 Å². The summed E-state index contributed by atoms with van der Waals surface area (Å²) in [7, 11) is 1.74. The van der Waals surface area contributed by atoms with Gasteiger partial charge in [0.15, 0.2) is 5.69 Å². The summed E-state index contributed by atoms with van der Waals surface area (Å²) in [6, 6.07) is 7.53. The Morgan fingerprint density at radius 3 is 2.76 bits per heavy atom. The minimum Gasteiger partial charge on any atom is -0.476 e. The fourth-order valence-corrected chi connectivity index (χ4v) is 2.15. The molecule has 2 rings (SSSR count). The summed E-state index contributed by atoms with van der Waals surface area (Å²) in [5, 5.41) is 13.2. The molecule has 0 atom stereocenters. The molecular weight excluding hydrogens is 284 g/mol. The van der Waals surface area contributed by atoms with E-state index < -0.39 is 5.97 Å². The van der Waals surface area contributed by atoms with Crippen LogP contribution in [0.25, 0.3) is 11.1 Å². The molecule has 0 amide bonds. The summed E-state index contributed by atoms with van der Waals surface area (Å²) in [5.41, 5.74) is 2.44. The summed E-state index contributed by atoms with van der Waals surface area (Å²) in [5.74, 6) is -1.01. The summed E-state index contributed by atoms with van der Waals surface area (Å²) in [6.07, 6.45) is 0. The topological polar surface area (TPSA) is 55.1 Å². The maximum atomic E-state index is 11.2. The van der Waals surface area contributed by atoms with Crippen LogP contribution >= 0.6 is 15.9 Å². The maximum absolute atomic E-state index is 11.2. The lowest BCUT2D eigenvalue weighted by molar-refractivity contribution is 0.0690. The molecule has 0 aliphatic rings. The van der Waals surface area contributed by atoms with Crippen LogP contribution in [0.3, 0.4) is 0 Å². The molecule has 0 unspecified atom stereocenters. The molecule has 0 saturated carbocycles. The van der Waals surface area contributed by atoms with Crippen LogP contribution in [-0.2, 0) is 7.05 Å². The van der Waals surface area contributed by atoms with E-state index in [2.05, 4.69) is 21.0 Å². The van der Waals surface area contributed by atoms with Crippen LogP contribution in [-0.4, -0.2) is 20.9 Å². The standard InChI is InChI=1S/C12H11BrN2O2/c1-7-10(8-4-3-5-9(13)6-8)11(12(16)17)14-15(7)2/h3-6H,1-2H3,(H,16,17). The molecule has 5 heteroatoms. The van der Waals surface area contributed by atoms with Gasteiger partial charge in [0.05, 0.1) is 0 Å². The van der Waals surface area contributed by atoms with E-state index in [0.717, 1.165) is 15.7 Å². The van der Waals surface area contributed by atoms with Crippen molar-refractivity contribution in [2.45, 2.75) is 6.92 Å². The van der Waals surface area contributed by atoms with Crippen molar-refractivity contribution in [3.05, 3.63) is 40.1 Å². The summed E-state index contributed by atoms with van der Waals surface area (Å²) < 4.78 is 2.49. The quantitative estimate of drug-likeness (QED) is 0.927. The number of nitrogens with zero attached hydrogens (tertiary/aromatic N) is 2. The highest BCUT2D eigenvalue weighted by Crippen LogP contribution is 2.28. The van der Waals surface area contributed by atoms with Crippen molar-refractivity contribution in [1.82, 2.24) is 9.78 Å². The van der Waals surface area contributed by atoms with Crippen LogP contribution in [0.5, 0.6) is 0 Å². The average Bonchev–Trinajstić information content (AvgIpc) is 2.56. The van der Waals surface area contributed by atoms with Crippen molar-refractivity contribution < 1.29 is 9.90 Å². The molecule has 0 bridgehead atoms. The zero-order valence-corrected chi connectivity index (χ0v) is 11.0. The lowest BCUT2D eigenvalue weighted by Crippen LogP contribution is -2.00. The Bertz CT molecular complexity index is 590. The number of aromatic nitrogens is 2. The number of hydrogen-bond donors (Lipinski definition) is 1. The minimum atomic E-state index is -1.01. The molecule has 0 saturated heterocycles. The van der Waals surface area contributed by atoms with E-state index in [1.54, 1.807) is 11.7 Å². The van der Waals surface area contributed by atoms with Gasteiger partial charge in [-0.25, -0.2) is 4.79 Å². The fraction of sp³-hybridized carbons (Fsp3) is 0.167. The third-order valence-corrected chi connectivity index (χ3v) is 3.14. The van der Waals surface area contributed by atoms with Gasteiger partial charge in [-0.05, 0) is 24.6 Å². The van der Waals surface area contributed by atoms with E-state index in [9.17, 15) is 4.79 Å². The van der Waals surface area contributed by atoms with Gasteiger partial charge in [-0.15, -0.1) is 0 Å². The molecule has 4 nitrogen and oxygen atoms in total. The number of carbonyl (C=O) groups is 1. The summed E-state index contributed by atoms with van der Waals surface area (Å²) in [6.45, 7) is 1.86. The highest BCUT2D eigenvalue weighted by Gasteiger charge is 2.20. The fourth-order valence-electron chi connectivity index (χ4n) is 1.75. The van der Waals surface area contributed by atoms with E-state index in [1.165, 1.54) is 0 Å². The number of carboxylic acids is 1. The van der Waals surface area contributed by atoms with E-state index in [0.29, 0.717) is 5.56 Å². The molecule has 1 aromatic carbocycles. The number of carboxylic acid groups (broad SMARTS) is 1. The highest BCUT2D eigenvalue weighted by molar-refractivity contribution is 9.10. The second-order valence-electron chi connectivity index (χ2n) is 3.75. The second-order valence-corrected chi connectivity index (χ2v) is 4.66. The Kier molecular flexibility index (Phi) is 3.02. The first-order valence-electron chi connectivity index (χ1n) is 5.03. The van der Waals surface area contributed by atoms with Crippen LogP contribution in [0.4, 0.5) is 0 Å². The Morgan fingerprint density at radius 2 is 2.18 bits per heavy atom. The van der Waals surface area contributed by atoms with Gasteiger partial charge in [-0.1, -0.05) is 28.1 Å². The zero-order chi connectivity index (χ0) is 12.6. The molecule has 88 valence electrons. The van der Waals surface area contributed by atoms with Gasteiger partial charge in [0.2, 0.25) is 0 Å². The second kappa shape index (κ2) is 4.33. The van der Waals surface area contributed by atoms with Crippen molar-refractivity contribution in [3.8, 4) is 11.1 Å². The van der Waals surface area contributed by atoms with Crippen molar-refractivity contribution in [2.75, 3.05) is 0 Å². The molecule has 0 spiro atoms. The summed E-state index contributed by atoms with van der Waals surface area (Å²) >= 11 is 3.38. The molecule has 2 aromatic rings. The van der Waals surface area contributed by atoms with Crippen molar-refractivity contribution in [1.29, 1.82) is 0 Å². The van der Waals surface area contributed by atoms with E-state index in [4.69, 9.17) is 5.11 Å². The molecule has 0 fully saturated rings. The van der Waals surface area contributed by atoms with Gasteiger partial charge >= 0.3 is 5.97 Å². The zero-order valence-electron chi connectivity index (χ0n) is 9.44. The van der Waals surface area contributed by atoms with Gasteiger partial charge in [0, 0.05) is 22.8 Å². The van der Waals surface area contributed by atoms with E-state index in [-0.39, 0.29) is 5.69 Å². The van der Waals surface area contributed by atoms with E-state index >= 15 is 0 Å². The third kappa shape index (κ3) is 2.10. The highest BCUT2D eigenvalue weighted by atomic mass is 79.9. The van der Waals surface area contributed by atoms with Crippen molar-refractivity contribution in [2.24, 2.45) is 7.05 Å². The molecule has 17 heavy (non-hydrogen) atoms. The third-order valence-electron chi connectivity index (χ3n) is 2.65. The molecule has 0 radical (unpaired) electrons. The van der Waals surface area contributed by atoms with Crippen molar-refractivity contribution in [3.63, 3.8) is 0 Å². The van der Waals surface area contributed by atoms with Gasteiger partial charge in [-0.3, -0.25) is 4.68 Å². The van der Waals surface area contributed by atoms with Crippen LogP contribution in [0, 0.1) is 6.92 Å². The molecule has 0 aliphatic carbocycles. The monoisotopic (exact) mass is 294 g/mol. The lowest BCUT2D eigenvalue weighted by Gasteiger charge is -2.02. The Morgan fingerprint density at radius 1 is 1.47 bits per heavy atom. The first kappa shape index (κ1) is 11.9. The van der Waals surface area contributed by atoms with Gasteiger partial charge in [-0.2, -0.15) is 5.10 Å². The van der Waals surface area contributed by atoms with Crippen LogP contribution < -0.4 is 0 Å². The number of halogens is 1. The normalized spacial score (nSPS) is 10.5. The Labute approximate surface area is 107 Å². The number of aryl methyl sites for hydroxylation is 1. The lowest BCUT2D eigenvalue weighted by atomic mass is 10.0. The molecule has 0 aliphatic heterocycles. The number of aromatic carboxylic acids is 1. The predicted octanol–water partition coefficient (Wildman–Crippen LogP) is 2.86. The van der Waals surface area contributed by atoms with Crippen molar-refractivity contribution >= 4 is 21.9 Å². The Balaban J connectivity index is 2.70. The molecular formula is C12H11BrN2O2. The average molecular weight is 295 g/mol. The van der Waals surface area contributed by atoms with Crippen LogP contribution in [0.15, 0.2) is 28.7 Å². The first-order chi connectivity index (χ1) is 8.00. The van der Waals surface area contributed by atoms with Gasteiger partial charge in [0.1, 0.15) is 0 Å². The SMILES string of the molecule is Cc1c(-c2cccc(Br)c2)c(C(=O)O)nn1C. The van der Waals surface area contributed by atoms with Crippen LogP contribution in [0.2, 0.25) is 0 Å². The molecule has 1 heterocycles. The largest absolute Gasteiger partial charge is 0.476 e. The number of benzene rings is 1. The number of hydrogen-bond acceptors (Lipinski definition) is 2. The predicted molar refractivity (Wildman–Crippen MR) is 68.0 cm³/mol. The molecule has 1 aromatic heterocycles. The van der Waals surface area contributed by atoms with E-state index in [1.807, 2.05) is 31.2 Å². The smallest absolute Gasteiger partial charge is 0.357 e. The van der Waals surface area contributed by atoms with Crippen LogP contribution in [0.1, 0.15) is 16.2 Å². The summed E-state index contributed by atoms with van der Waals surface area (Å²) in [4.78, 5) is 11.2. The number of rotatable bonds is 2. The maximum Gasteiger partial charge on any atom is 0.357 e. The van der Waals surface area contributed by atoms with Gasteiger partial charge in [0.25, 0.3) is 0 Å². The minimum absolute atomic E-state index is 0.0862. The first-order valence-corrected chi connectivity index (χ1v) is 5.83. The molecule has 1 N–H and O–H groups in total. The Hall–Kier alpha value is -1.62.